The number of urea groups is 1. The van der Waals surface area contributed by atoms with Gasteiger partial charge in [-0.25, -0.2) is 19.6 Å². The van der Waals surface area contributed by atoms with Crippen LogP contribution in [0.25, 0.3) is 0 Å². The van der Waals surface area contributed by atoms with Crippen LogP contribution in [0.5, 0.6) is 5.75 Å². The minimum Gasteiger partial charge on any atom is -0.496 e. The number of unbranched alkanes of at least 4 members (excludes halogenated alkanes) is 2. The zero-order valence-electron chi connectivity index (χ0n) is 64.3. The van der Waals surface area contributed by atoms with E-state index in [0.29, 0.717) is 102 Å². The van der Waals surface area contributed by atoms with Crippen LogP contribution in [0, 0.1) is 11.8 Å². The molecule has 5 atom stereocenters. The van der Waals surface area contributed by atoms with Crippen LogP contribution >= 0.6 is 11.8 Å². The summed E-state index contributed by atoms with van der Waals surface area (Å²) in [5.41, 5.74) is 9.36. The first-order chi connectivity index (χ1) is 53.5. The fraction of sp³-hybridized carbons (Fsp3) is 0.557. The Balaban J connectivity index is 0.728. The number of piperidine rings is 1. The molecule has 4 aromatic rings. The molecule has 31 nitrogen and oxygen atoms in total. The van der Waals surface area contributed by atoms with E-state index in [1.807, 2.05) is 13.0 Å². The van der Waals surface area contributed by atoms with Crippen LogP contribution in [0.2, 0.25) is 0 Å². The Kier molecular flexibility index (Phi) is 32.1. The minimum atomic E-state index is -0.906. The molecule has 0 bridgehead atoms. The lowest BCUT2D eigenvalue weighted by Crippen LogP contribution is -2.55. The van der Waals surface area contributed by atoms with Gasteiger partial charge in [0.25, 0.3) is 5.91 Å². The van der Waals surface area contributed by atoms with Gasteiger partial charge in [-0.2, -0.15) is 11.8 Å². The average Bonchev–Trinajstić information content (AvgIpc) is 1.60. The van der Waals surface area contributed by atoms with Gasteiger partial charge in [0.05, 0.1) is 57.6 Å². The molecule has 1 aliphatic carbocycles. The zero-order chi connectivity index (χ0) is 79.7. The lowest BCUT2D eigenvalue weighted by molar-refractivity contribution is -0.139. The van der Waals surface area contributed by atoms with Crippen LogP contribution in [0.1, 0.15) is 180 Å². The fourth-order valence-corrected chi connectivity index (χ4v) is 15.1. The SMILES string of the molecule is CC[C@@H]1C(=O)N(C)c2cnc(Cc3ccc(C(=O)CCCOCCOCCOCCN(CCC(=O)Nc4cccc5c4CN(C4CCC(=O)NC4=O)C5=O)C(=O)OCc4ccc(NC(=O)[C@H](CCCNC(N)=O)CC(=O)[C@@H](NC(=O)CCCCCN5C(=O)CC(SC)C5=O)C(C)C)cc4)cc3OC)nc2N1C1CCCC1. The number of imide groups is 2. The minimum absolute atomic E-state index is 0.00174. The molecule has 2 saturated heterocycles. The lowest BCUT2D eigenvalue weighted by atomic mass is 9.89. The smallest absolute Gasteiger partial charge is 0.410 e. The highest BCUT2D eigenvalue weighted by molar-refractivity contribution is 8.00. The molecule has 111 heavy (non-hydrogen) atoms. The first kappa shape index (κ1) is 85.1. The predicted octanol–water partition coefficient (Wildman–Crippen LogP) is 7.18. The number of likely N-dealkylation sites (N-methyl/N-ethyl adjacent to an activating group) is 1. The second kappa shape index (κ2) is 41.9. The van der Waals surface area contributed by atoms with E-state index in [9.17, 15) is 62.3 Å². The molecule has 1 aromatic heterocycles. The van der Waals surface area contributed by atoms with Gasteiger partial charge in [-0.3, -0.25) is 63.0 Å². The maximum atomic E-state index is 14.0. The number of hydrogen-bond donors (Lipinski definition) is 6. The van der Waals surface area contributed by atoms with E-state index in [2.05, 4.69) is 36.5 Å². The standard InChI is InChI=1S/C79H105N13O18S/c1-7-59-76(102)88(4)61-46-82-66(85-72(61)92(59)55-17-10-11-18-55)44-52-26-25-51(43-64(52)106-5)62(93)21-15-36-107-38-40-109-41-39-108-37-35-89(34-31-69(97)84-58-20-13-19-56-57(58)47-91(75(56)101)60-29-30-68(96)87-74(60)100)79(105)110-48-50-23-27-54(28-24-50)83-73(99)53(16-14-32-81-78(80)104)42-63(94)71(49(2)3)86-67(95)22-9-8-12-33-90-70(98)45-65(111-6)77(90)103/h13,19-20,23-28,43,46,49,53,55,59-60,65,71H,7-12,14-18,21-22,29-42,44-45,47-48H2,1-6H3,(H,83,99)(H,84,97)(H,86,95)(H3,80,81,104)(H,87,96,100)/t53-,59-,60?,65?,71+/m1/s1. The number of nitrogens with zero attached hydrogens (tertiary/aromatic N) is 7. The Hall–Kier alpha value is -9.92. The van der Waals surface area contributed by atoms with Crippen LogP contribution in [-0.2, 0) is 81.7 Å². The van der Waals surface area contributed by atoms with Gasteiger partial charge in [-0.15, -0.1) is 0 Å². The molecular weight excluding hydrogens is 1450 g/mol. The van der Waals surface area contributed by atoms with Crippen molar-refractivity contribution in [1.82, 2.24) is 40.6 Å². The zero-order valence-corrected chi connectivity index (χ0v) is 65.1. The van der Waals surface area contributed by atoms with Crippen LogP contribution in [0.3, 0.4) is 0 Å². The number of primary amides is 1. The number of carbonyl (C=O) groups excluding carboxylic acids is 13. The molecule has 3 fully saturated rings. The van der Waals surface area contributed by atoms with E-state index in [-0.39, 0.29) is 182 Å². The van der Waals surface area contributed by atoms with Crippen molar-refractivity contribution in [2.45, 2.75) is 185 Å². The van der Waals surface area contributed by atoms with Gasteiger partial charge in [-0.1, -0.05) is 70.4 Å². The third-order valence-electron chi connectivity index (χ3n) is 20.6. The molecule has 0 radical (unpaired) electrons. The Bertz CT molecular complexity index is 4010. The number of rotatable bonds is 44. The summed E-state index contributed by atoms with van der Waals surface area (Å²) in [5, 5.41) is 13.0. The summed E-state index contributed by atoms with van der Waals surface area (Å²) >= 11 is 1.35. The molecule has 2 unspecified atom stereocenters. The number of nitrogens with two attached hydrogens (primary N) is 1. The summed E-state index contributed by atoms with van der Waals surface area (Å²) in [6, 6.07) is 14.1. The van der Waals surface area contributed by atoms with Crippen LogP contribution in [0.4, 0.5) is 32.5 Å². The summed E-state index contributed by atoms with van der Waals surface area (Å²) in [7, 11) is 3.34. The third-order valence-corrected chi connectivity index (χ3v) is 21.6. The van der Waals surface area contributed by atoms with Crippen molar-refractivity contribution < 1.29 is 86.0 Å². The highest BCUT2D eigenvalue weighted by Crippen LogP contribution is 2.40. The Morgan fingerprint density at radius 2 is 1.54 bits per heavy atom. The van der Waals surface area contributed by atoms with Gasteiger partial charge in [0.1, 0.15) is 36.0 Å². The number of benzene rings is 3. The first-order valence-electron chi connectivity index (χ1n) is 38.4. The van der Waals surface area contributed by atoms with Crippen molar-refractivity contribution in [1.29, 1.82) is 0 Å². The predicted molar refractivity (Wildman–Crippen MR) is 412 cm³/mol. The maximum Gasteiger partial charge on any atom is 0.410 e. The van der Waals surface area contributed by atoms with Gasteiger partial charge in [0.2, 0.25) is 47.3 Å². The largest absolute Gasteiger partial charge is 0.496 e. The molecule has 12 amide bonds. The van der Waals surface area contributed by atoms with Gasteiger partial charge < -0.3 is 70.3 Å². The van der Waals surface area contributed by atoms with Crippen molar-refractivity contribution in [3.8, 4) is 5.75 Å². The molecule has 600 valence electrons. The van der Waals surface area contributed by atoms with Crippen LogP contribution < -0.4 is 46.9 Å². The summed E-state index contributed by atoms with van der Waals surface area (Å²) in [5.74, 6) is -2.80. The van der Waals surface area contributed by atoms with Crippen molar-refractivity contribution in [3.63, 3.8) is 0 Å². The average molecular weight is 1560 g/mol. The van der Waals surface area contributed by atoms with Gasteiger partial charge in [0.15, 0.2) is 17.4 Å². The molecule has 9 rings (SSSR count). The number of fused-ring (bicyclic) bond motifs is 2. The summed E-state index contributed by atoms with van der Waals surface area (Å²) in [6.07, 6.45) is 10.9. The Labute approximate surface area is 650 Å². The van der Waals surface area contributed by atoms with Crippen LogP contribution in [-0.4, -0.2) is 217 Å². The van der Waals surface area contributed by atoms with Crippen molar-refractivity contribution >= 4 is 111 Å². The van der Waals surface area contributed by atoms with E-state index >= 15 is 0 Å². The fourth-order valence-electron chi connectivity index (χ4n) is 14.5. The summed E-state index contributed by atoms with van der Waals surface area (Å²) in [6.45, 7) is 6.89. The van der Waals surface area contributed by atoms with Crippen molar-refractivity contribution in [3.05, 3.63) is 101 Å². The number of likely N-dealkylation sites (tertiary alicyclic amines) is 1. The molecule has 32 heteroatoms. The second-order valence-corrected chi connectivity index (χ2v) is 29.7. The van der Waals surface area contributed by atoms with Gasteiger partial charge >= 0.3 is 12.1 Å². The number of hydrogen-bond acceptors (Lipinski definition) is 22. The van der Waals surface area contributed by atoms with Crippen molar-refractivity contribution in [2.24, 2.45) is 17.6 Å². The molecule has 0 spiro atoms. The number of methoxy groups -OCH3 is 1. The number of ether oxygens (including phenoxy) is 5. The highest BCUT2D eigenvalue weighted by Gasteiger charge is 2.43. The molecule has 4 aliphatic heterocycles. The first-order valence-corrected chi connectivity index (χ1v) is 39.7. The topological polar surface area (TPSA) is 396 Å². The van der Waals surface area contributed by atoms with E-state index < -0.39 is 59.7 Å². The summed E-state index contributed by atoms with van der Waals surface area (Å²) in [4.78, 5) is 188. The molecule has 7 N–H and O–H groups in total. The summed E-state index contributed by atoms with van der Waals surface area (Å²) < 4.78 is 28.9. The number of Topliss-reactive ketones (excluding diaryl/α,β-unsaturated/α-hetero) is 2. The normalized spacial score (nSPS) is 17.5. The second-order valence-electron chi connectivity index (χ2n) is 28.7. The number of thioether (sulfide) groups is 1. The van der Waals surface area contributed by atoms with E-state index in [0.717, 1.165) is 37.1 Å². The monoisotopic (exact) mass is 1560 g/mol. The van der Waals surface area contributed by atoms with Gasteiger partial charge in [0, 0.05) is 137 Å². The van der Waals surface area contributed by atoms with Gasteiger partial charge in [-0.05, 0) is 106 Å². The quantitative estimate of drug-likeness (QED) is 0.0145. The van der Waals surface area contributed by atoms with Crippen LogP contribution in [0.15, 0.2) is 66.9 Å². The number of nitrogens with one attached hydrogen (secondary N) is 5. The van der Waals surface area contributed by atoms with E-state index in [4.69, 9.17) is 34.4 Å². The number of ketones is 2. The molecule has 5 aliphatic rings. The molecule has 1 saturated carbocycles. The Morgan fingerprint density at radius 3 is 2.23 bits per heavy atom. The van der Waals surface area contributed by atoms with E-state index in [1.54, 1.807) is 100.0 Å². The molecule has 5 heterocycles. The molecular formula is C79H105N13O18S. The number of aromatic nitrogens is 2. The number of amides is 12. The highest BCUT2D eigenvalue weighted by atomic mass is 32.2. The Morgan fingerprint density at radius 1 is 0.802 bits per heavy atom. The third kappa shape index (κ3) is 23.6. The lowest BCUT2D eigenvalue weighted by Gasteiger charge is -2.43. The molecule has 3 aromatic carbocycles. The number of carbonyl (C=O) groups is 13. The van der Waals surface area contributed by atoms with Crippen molar-refractivity contribution in [2.75, 3.05) is 107 Å². The number of anilines is 4. The maximum absolute atomic E-state index is 14.0. The van der Waals surface area contributed by atoms with E-state index in [1.165, 1.54) is 26.5 Å².